The van der Waals surface area contributed by atoms with Crippen molar-refractivity contribution in [3.05, 3.63) is 119 Å². The molecule has 0 aliphatic heterocycles. The predicted molar refractivity (Wildman–Crippen MR) is 140 cm³/mol. The van der Waals surface area contributed by atoms with Crippen LogP contribution in [0, 0.1) is 6.92 Å². The van der Waals surface area contributed by atoms with E-state index >= 15 is 0 Å². The summed E-state index contributed by atoms with van der Waals surface area (Å²) in [7, 11) is 0. The maximum atomic E-state index is 12.9. The van der Waals surface area contributed by atoms with Crippen molar-refractivity contribution in [2.45, 2.75) is 29.7 Å². The van der Waals surface area contributed by atoms with Crippen LogP contribution in [0.5, 0.6) is 5.75 Å². The summed E-state index contributed by atoms with van der Waals surface area (Å²) in [4.78, 5) is 11.8. The first kappa shape index (κ1) is 26.4. The fraction of sp³-hybridized carbons (Fsp3) is 0.167. The van der Waals surface area contributed by atoms with Crippen molar-refractivity contribution >= 4 is 17.7 Å². The third-order valence-electron chi connectivity index (χ3n) is 5.87. The minimum atomic E-state index is -4.36. The Morgan fingerprint density at radius 1 is 0.892 bits per heavy atom. The highest BCUT2D eigenvalue weighted by atomic mass is 32.2. The molecule has 0 bridgehead atoms. The van der Waals surface area contributed by atoms with Crippen molar-refractivity contribution < 1.29 is 27.8 Å². The van der Waals surface area contributed by atoms with Crippen LogP contribution in [0.2, 0.25) is 0 Å². The number of thioether (sulfide) groups is 1. The van der Waals surface area contributed by atoms with Gasteiger partial charge in [-0.05, 0) is 71.5 Å². The van der Waals surface area contributed by atoms with Gasteiger partial charge in [0, 0.05) is 10.1 Å². The number of alkyl halides is 3. The van der Waals surface area contributed by atoms with Crippen molar-refractivity contribution in [2.24, 2.45) is 0 Å². The summed E-state index contributed by atoms with van der Waals surface area (Å²) in [6.07, 6.45) is -3.58. The third-order valence-corrected chi connectivity index (χ3v) is 7.12. The number of carboxylic acid groups (broad SMARTS) is 1. The SMILES string of the molecule is Cc1cc(S[C@H](Cc2ccccc2)c2ccc(-c3ccc(C(F)(F)F)cc3)cc2)ccc1OCC(=O)O. The summed E-state index contributed by atoms with van der Waals surface area (Å²) in [5, 5.41) is 8.95. The van der Waals surface area contributed by atoms with Crippen LogP contribution in [0.25, 0.3) is 11.1 Å². The normalized spacial score (nSPS) is 12.2. The number of benzene rings is 4. The van der Waals surface area contributed by atoms with Gasteiger partial charge in [-0.1, -0.05) is 66.7 Å². The molecule has 0 unspecified atom stereocenters. The van der Waals surface area contributed by atoms with Crippen molar-refractivity contribution in [3.8, 4) is 16.9 Å². The second-order valence-electron chi connectivity index (χ2n) is 8.60. The molecule has 4 aromatic carbocycles. The average Bonchev–Trinajstić information content (AvgIpc) is 2.88. The van der Waals surface area contributed by atoms with Crippen molar-refractivity contribution in [3.63, 3.8) is 0 Å². The molecule has 0 saturated heterocycles. The lowest BCUT2D eigenvalue weighted by Gasteiger charge is -2.19. The molecule has 1 atom stereocenters. The second-order valence-corrected chi connectivity index (χ2v) is 9.88. The molecular formula is C30H25F3O3S. The van der Waals surface area contributed by atoms with E-state index in [2.05, 4.69) is 12.1 Å². The molecule has 7 heteroatoms. The van der Waals surface area contributed by atoms with Crippen molar-refractivity contribution in [1.29, 1.82) is 0 Å². The highest BCUT2D eigenvalue weighted by Gasteiger charge is 2.30. The van der Waals surface area contributed by atoms with Crippen LogP contribution >= 0.6 is 11.8 Å². The number of aryl methyl sites for hydroxylation is 1. The summed E-state index contributed by atoms with van der Waals surface area (Å²) >= 11 is 1.69. The fourth-order valence-electron chi connectivity index (χ4n) is 3.96. The lowest BCUT2D eigenvalue weighted by Crippen LogP contribution is -2.10. The van der Waals surface area contributed by atoms with Crippen LogP contribution < -0.4 is 4.74 Å². The van der Waals surface area contributed by atoms with Gasteiger partial charge in [0.25, 0.3) is 0 Å². The lowest BCUT2D eigenvalue weighted by molar-refractivity contribution is -0.139. The molecule has 3 nitrogen and oxygen atoms in total. The Labute approximate surface area is 217 Å². The molecule has 190 valence electrons. The van der Waals surface area contributed by atoms with Crippen molar-refractivity contribution in [1.82, 2.24) is 0 Å². The quantitative estimate of drug-likeness (QED) is 0.225. The topological polar surface area (TPSA) is 46.5 Å². The van der Waals surface area contributed by atoms with Crippen LogP contribution in [-0.4, -0.2) is 17.7 Å². The zero-order valence-electron chi connectivity index (χ0n) is 20.0. The second kappa shape index (κ2) is 11.6. The number of hydrogen-bond donors (Lipinski definition) is 1. The van der Waals surface area contributed by atoms with Crippen LogP contribution in [0.1, 0.15) is 27.5 Å². The summed E-state index contributed by atoms with van der Waals surface area (Å²) in [6.45, 7) is 1.49. The Morgan fingerprint density at radius 2 is 1.51 bits per heavy atom. The van der Waals surface area contributed by atoms with E-state index in [0.717, 1.165) is 45.7 Å². The molecule has 0 amide bonds. The van der Waals surface area contributed by atoms with Gasteiger partial charge >= 0.3 is 12.1 Å². The maximum absolute atomic E-state index is 12.9. The predicted octanol–water partition coefficient (Wildman–Crippen LogP) is 8.22. The summed E-state index contributed by atoms with van der Waals surface area (Å²) in [6, 6.07) is 28.9. The van der Waals surface area contributed by atoms with Gasteiger partial charge in [0.05, 0.1) is 5.56 Å². The highest BCUT2D eigenvalue weighted by molar-refractivity contribution is 7.99. The highest BCUT2D eigenvalue weighted by Crippen LogP contribution is 2.40. The maximum Gasteiger partial charge on any atom is 0.416 e. The standard InChI is InChI=1S/C30H25F3O3S/c1-20-17-26(15-16-27(20)36-19-29(34)35)37-28(18-21-5-3-2-4-6-21)24-9-7-22(8-10-24)23-11-13-25(14-12-23)30(31,32)33/h2-17,28H,18-19H2,1H3,(H,34,35)/t28-/m1/s1. The molecule has 0 heterocycles. The van der Waals surface area contributed by atoms with Gasteiger partial charge in [-0.2, -0.15) is 13.2 Å². The monoisotopic (exact) mass is 522 g/mol. The van der Waals surface area contributed by atoms with Gasteiger partial charge < -0.3 is 9.84 Å². The molecule has 0 aromatic heterocycles. The van der Waals surface area contributed by atoms with Crippen LogP contribution in [0.4, 0.5) is 13.2 Å². The van der Waals surface area contributed by atoms with Gasteiger partial charge in [0.1, 0.15) is 5.75 Å². The summed E-state index contributed by atoms with van der Waals surface area (Å²) in [5.74, 6) is -0.493. The van der Waals surface area contributed by atoms with E-state index in [9.17, 15) is 18.0 Å². The zero-order chi connectivity index (χ0) is 26.4. The van der Waals surface area contributed by atoms with Gasteiger partial charge in [-0.15, -0.1) is 11.8 Å². The first-order valence-corrected chi connectivity index (χ1v) is 12.5. The van der Waals surface area contributed by atoms with Gasteiger partial charge in [0.15, 0.2) is 6.61 Å². The number of carboxylic acids is 1. The molecule has 0 aliphatic rings. The van der Waals surface area contributed by atoms with Gasteiger partial charge in [0.2, 0.25) is 0 Å². The van der Waals surface area contributed by atoms with E-state index in [4.69, 9.17) is 9.84 Å². The Balaban J connectivity index is 1.57. The molecule has 0 aliphatic carbocycles. The van der Waals surface area contributed by atoms with Crippen molar-refractivity contribution in [2.75, 3.05) is 6.61 Å². The Bertz CT molecular complexity index is 1340. The Morgan fingerprint density at radius 3 is 2.08 bits per heavy atom. The number of ether oxygens (including phenoxy) is 1. The molecule has 1 N–H and O–H groups in total. The first-order valence-electron chi connectivity index (χ1n) is 11.6. The van der Waals surface area contributed by atoms with E-state index < -0.39 is 24.3 Å². The summed E-state index contributed by atoms with van der Waals surface area (Å²) < 4.78 is 44.1. The fourth-order valence-corrected chi connectivity index (χ4v) is 5.25. The van der Waals surface area contributed by atoms with Crippen LogP contribution in [0.15, 0.2) is 102 Å². The molecule has 0 spiro atoms. The Kier molecular flexibility index (Phi) is 8.24. The molecule has 4 rings (SSSR count). The molecule has 4 aromatic rings. The van der Waals surface area contributed by atoms with Crippen LogP contribution in [0.3, 0.4) is 0 Å². The molecular weight excluding hydrogens is 497 g/mol. The molecule has 0 saturated carbocycles. The third kappa shape index (κ3) is 7.17. The van der Waals surface area contributed by atoms with E-state index in [1.807, 2.05) is 61.5 Å². The number of hydrogen-bond acceptors (Lipinski definition) is 3. The molecule has 0 radical (unpaired) electrons. The molecule has 37 heavy (non-hydrogen) atoms. The van der Waals surface area contributed by atoms with Gasteiger partial charge in [-0.25, -0.2) is 4.79 Å². The number of aliphatic carboxylic acids is 1. The summed E-state index contributed by atoms with van der Waals surface area (Å²) in [5.41, 5.74) is 4.03. The number of halogens is 3. The van der Waals surface area contributed by atoms with Crippen LogP contribution in [-0.2, 0) is 17.4 Å². The minimum Gasteiger partial charge on any atom is -0.482 e. The number of rotatable bonds is 9. The zero-order valence-corrected chi connectivity index (χ0v) is 20.9. The smallest absolute Gasteiger partial charge is 0.416 e. The first-order chi connectivity index (χ1) is 17.7. The van der Waals surface area contributed by atoms with Gasteiger partial charge in [-0.3, -0.25) is 0 Å². The van der Waals surface area contributed by atoms with E-state index in [-0.39, 0.29) is 5.25 Å². The largest absolute Gasteiger partial charge is 0.482 e. The van der Waals surface area contributed by atoms with E-state index in [0.29, 0.717) is 5.75 Å². The number of carbonyl (C=O) groups is 1. The Hall–Kier alpha value is -3.71. The lowest BCUT2D eigenvalue weighted by atomic mass is 9.99. The average molecular weight is 523 g/mol. The molecule has 0 fully saturated rings. The van der Waals surface area contributed by atoms with E-state index in [1.165, 1.54) is 17.7 Å². The minimum absolute atomic E-state index is 0.0780. The van der Waals surface area contributed by atoms with E-state index in [1.54, 1.807) is 17.8 Å².